The minimum Gasteiger partial charge on any atom is -0.298 e. The molecule has 0 N–H and O–H groups in total. The summed E-state index contributed by atoms with van der Waals surface area (Å²) in [4.78, 5) is 13.4. The fraction of sp³-hybridized carbons (Fsp3) is 0.417. The minimum absolute atomic E-state index is 0.357. The van der Waals surface area contributed by atoms with Crippen LogP contribution >= 0.6 is 11.6 Å². The number of ketones is 1. The van der Waals surface area contributed by atoms with Gasteiger partial charge in [-0.25, -0.2) is 0 Å². The summed E-state index contributed by atoms with van der Waals surface area (Å²) in [6.07, 6.45) is 1.74. The first-order chi connectivity index (χ1) is 7.24. The number of nitrogens with zero attached hydrogens (tertiary/aromatic N) is 1. The number of hydrogen-bond acceptors (Lipinski definition) is 2. The predicted octanol–water partition coefficient (Wildman–Crippen LogP) is 2.50. The summed E-state index contributed by atoms with van der Waals surface area (Å²) < 4.78 is 0. The monoisotopic (exact) mass is 223 g/mol. The third-order valence-corrected chi connectivity index (χ3v) is 2.90. The summed E-state index contributed by atoms with van der Waals surface area (Å²) in [5.74, 6) is 0.357. The van der Waals surface area contributed by atoms with Crippen LogP contribution in [0.2, 0.25) is 5.02 Å². The van der Waals surface area contributed by atoms with Crippen LogP contribution in [0.5, 0.6) is 0 Å². The van der Waals surface area contributed by atoms with Crippen LogP contribution in [0, 0.1) is 0 Å². The Morgan fingerprint density at radius 2 is 2.00 bits per heavy atom. The molecule has 2 nitrogen and oxygen atoms in total. The van der Waals surface area contributed by atoms with Crippen molar-refractivity contribution in [2.24, 2.45) is 0 Å². The van der Waals surface area contributed by atoms with E-state index in [1.54, 1.807) is 0 Å². The number of rotatable bonds is 2. The van der Waals surface area contributed by atoms with E-state index in [0.29, 0.717) is 12.3 Å². The second-order valence-corrected chi connectivity index (χ2v) is 4.42. The van der Waals surface area contributed by atoms with Crippen LogP contribution in [-0.2, 0) is 11.3 Å². The average molecular weight is 224 g/mol. The molecular weight excluding hydrogens is 210 g/mol. The summed E-state index contributed by atoms with van der Waals surface area (Å²) >= 11 is 5.81. The second-order valence-electron chi connectivity index (χ2n) is 3.98. The molecule has 0 bridgehead atoms. The lowest BCUT2D eigenvalue weighted by Gasteiger charge is -2.25. The Bertz CT molecular complexity index is 347. The van der Waals surface area contributed by atoms with Crippen molar-refractivity contribution in [1.29, 1.82) is 0 Å². The Morgan fingerprint density at radius 1 is 1.27 bits per heavy atom. The van der Waals surface area contributed by atoms with Crippen molar-refractivity contribution in [2.45, 2.75) is 19.4 Å². The lowest BCUT2D eigenvalue weighted by atomic mass is 10.1. The van der Waals surface area contributed by atoms with Gasteiger partial charge in [0.1, 0.15) is 5.78 Å². The van der Waals surface area contributed by atoms with Gasteiger partial charge in [-0.3, -0.25) is 9.69 Å². The number of Topliss-reactive ketones (excluding diaryl/α,β-unsaturated/α-hetero) is 1. The van der Waals surface area contributed by atoms with E-state index in [4.69, 9.17) is 11.6 Å². The minimum atomic E-state index is 0.357. The number of likely N-dealkylation sites (tertiary alicyclic amines) is 1. The Labute approximate surface area is 94.8 Å². The summed E-state index contributed by atoms with van der Waals surface area (Å²) in [6.45, 7) is 2.47. The molecule has 3 heteroatoms. The predicted molar refractivity (Wildman–Crippen MR) is 61.0 cm³/mol. The second kappa shape index (κ2) is 4.77. The van der Waals surface area contributed by atoms with Crippen molar-refractivity contribution in [3.05, 3.63) is 34.9 Å². The zero-order chi connectivity index (χ0) is 10.7. The highest BCUT2D eigenvalue weighted by atomic mass is 35.5. The zero-order valence-corrected chi connectivity index (χ0v) is 9.33. The largest absolute Gasteiger partial charge is 0.298 e. The molecule has 1 heterocycles. The Kier molecular flexibility index (Phi) is 3.39. The normalized spacial score (nSPS) is 18.1. The molecule has 0 aliphatic carbocycles. The van der Waals surface area contributed by atoms with Crippen molar-refractivity contribution in [3.8, 4) is 0 Å². The number of piperidine rings is 1. The van der Waals surface area contributed by atoms with Crippen molar-refractivity contribution in [1.82, 2.24) is 4.90 Å². The molecule has 1 saturated heterocycles. The fourth-order valence-corrected chi connectivity index (χ4v) is 2.02. The molecule has 0 atom stereocenters. The molecule has 0 radical (unpaired) electrons. The fourth-order valence-electron chi connectivity index (χ4n) is 1.89. The van der Waals surface area contributed by atoms with Gasteiger partial charge in [0.15, 0.2) is 0 Å². The first kappa shape index (κ1) is 10.7. The summed E-state index contributed by atoms with van der Waals surface area (Å²) in [5, 5.41) is 0.758. The molecule has 0 saturated carbocycles. The Morgan fingerprint density at radius 3 is 2.67 bits per heavy atom. The quantitative estimate of drug-likeness (QED) is 0.768. The van der Waals surface area contributed by atoms with E-state index in [0.717, 1.165) is 31.0 Å². The van der Waals surface area contributed by atoms with Crippen molar-refractivity contribution in [2.75, 3.05) is 13.1 Å². The zero-order valence-electron chi connectivity index (χ0n) is 8.58. The topological polar surface area (TPSA) is 20.3 Å². The van der Waals surface area contributed by atoms with Crippen LogP contribution in [0.3, 0.4) is 0 Å². The lowest BCUT2D eigenvalue weighted by molar-refractivity contribution is -0.122. The van der Waals surface area contributed by atoms with Gasteiger partial charge in [0.2, 0.25) is 0 Å². The van der Waals surface area contributed by atoms with Crippen molar-refractivity contribution in [3.63, 3.8) is 0 Å². The van der Waals surface area contributed by atoms with Gasteiger partial charge in [-0.05, 0) is 30.7 Å². The van der Waals surface area contributed by atoms with Gasteiger partial charge < -0.3 is 0 Å². The van der Waals surface area contributed by atoms with E-state index in [1.807, 2.05) is 24.3 Å². The molecule has 1 aliphatic rings. The SMILES string of the molecule is O=C1CCCN(Cc2ccc(Cl)cc2)C1. The molecule has 1 aromatic carbocycles. The summed E-state index contributed by atoms with van der Waals surface area (Å²) in [7, 11) is 0. The van der Waals surface area contributed by atoms with Crippen LogP contribution in [0.1, 0.15) is 18.4 Å². The molecule has 80 valence electrons. The molecule has 1 aliphatic heterocycles. The third kappa shape index (κ3) is 3.05. The highest BCUT2D eigenvalue weighted by molar-refractivity contribution is 6.30. The summed E-state index contributed by atoms with van der Waals surface area (Å²) in [5.41, 5.74) is 1.22. The molecular formula is C12H14ClNO. The van der Waals surface area contributed by atoms with E-state index < -0.39 is 0 Å². The number of carbonyl (C=O) groups excluding carboxylic acids is 1. The molecule has 0 amide bonds. The van der Waals surface area contributed by atoms with Gasteiger partial charge in [-0.2, -0.15) is 0 Å². The Hall–Kier alpha value is -0.860. The van der Waals surface area contributed by atoms with E-state index in [2.05, 4.69) is 4.90 Å². The van der Waals surface area contributed by atoms with Gasteiger partial charge in [0.05, 0.1) is 6.54 Å². The van der Waals surface area contributed by atoms with E-state index in [9.17, 15) is 4.79 Å². The molecule has 0 spiro atoms. The third-order valence-electron chi connectivity index (χ3n) is 2.65. The van der Waals surface area contributed by atoms with Crippen LogP contribution < -0.4 is 0 Å². The maximum Gasteiger partial charge on any atom is 0.146 e. The molecule has 1 aromatic rings. The number of halogens is 1. The smallest absolute Gasteiger partial charge is 0.146 e. The van der Waals surface area contributed by atoms with Crippen LogP contribution in [0.15, 0.2) is 24.3 Å². The highest BCUT2D eigenvalue weighted by Gasteiger charge is 2.16. The first-order valence-corrected chi connectivity index (χ1v) is 5.60. The van der Waals surface area contributed by atoms with Crippen molar-refractivity contribution < 1.29 is 4.79 Å². The summed E-state index contributed by atoms with van der Waals surface area (Å²) in [6, 6.07) is 7.81. The molecule has 2 rings (SSSR count). The van der Waals surface area contributed by atoms with Crippen molar-refractivity contribution >= 4 is 17.4 Å². The van der Waals surface area contributed by atoms with Gasteiger partial charge in [-0.15, -0.1) is 0 Å². The number of hydrogen-bond donors (Lipinski definition) is 0. The van der Waals surface area contributed by atoms with Gasteiger partial charge >= 0.3 is 0 Å². The van der Waals surface area contributed by atoms with Crippen LogP contribution in [0.25, 0.3) is 0 Å². The van der Waals surface area contributed by atoms with Gasteiger partial charge in [-0.1, -0.05) is 23.7 Å². The first-order valence-electron chi connectivity index (χ1n) is 5.22. The number of carbonyl (C=O) groups is 1. The van der Waals surface area contributed by atoms with Crippen LogP contribution in [0.4, 0.5) is 0 Å². The molecule has 1 fully saturated rings. The van der Waals surface area contributed by atoms with E-state index in [1.165, 1.54) is 5.56 Å². The molecule has 0 unspecified atom stereocenters. The Balaban J connectivity index is 1.96. The maximum absolute atomic E-state index is 11.3. The highest BCUT2D eigenvalue weighted by Crippen LogP contribution is 2.13. The van der Waals surface area contributed by atoms with Gasteiger partial charge in [0.25, 0.3) is 0 Å². The molecule has 0 aromatic heterocycles. The maximum atomic E-state index is 11.3. The standard InChI is InChI=1S/C12H14ClNO/c13-11-5-3-10(4-6-11)8-14-7-1-2-12(15)9-14/h3-6H,1-2,7-9H2. The van der Waals surface area contributed by atoms with Crippen LogP contribution in [-0.4, -0.2) is 23.8 Å². The van der Waals surface area contributed by atoms with Gasteiger partial charge in [0, 0.05) is 18.0 Å². The lowest BCUT2D eigenvalue weighted by Crippen LogP contribution is -2.34. The number of benzene rings is 1. The van der Waals surface area contributed by atoms with E-state index in [-0.39, 0.29) is 0 Å². The molecule has 15 heavy (non-hydrogen) atoms. The average Bonchev–Trinajstić information content (AvgIpc) is 2.22. The van der Waals surface area contributed by atoms with E-state index >= 15 is 0 Å².